The zero-order valence-corrected chi connectivity index (χ0v) is 11.7. The van der Waals surface area contributed by atoms with Crippen molar-refractivity contribution in [3.8, 4) is 0 Å². The molecule has 3 rings (SSSR count). The molecule has 0 saturated carbocycles. The summed E-state index contributed by atoms with van der Waals surface area (Å²) in [5, 5.41) is 4.89. The van der Waals surface area contributed by atoms with Crippen LogP contribution >= 0.6 is 0 Å². The maximum Gasteiger partial charge on any atom is 0.0457 e. The monoisotopic (exact) mass is 257 g/mol. The summed E-state index contributed by atoms with van der Waals surface area (Å²) in [6, 6.07) is 9.47. The molecule has 3 nitrogen and oxygen atoms in total. The molecule has 1 atom stereocenters. The molecule has 0 amide bonds. The SMILES string of the molecule is CN1CCCCC1CNCc1ccc2cc[nH]c2c1. The average Bonchev–Trinajstić information content (AvgIpc) is 2.88. The largest absolute Gasteiger partial charge is 0.361 e. The number of nitrogens with one attached hydrogen (secondary N) is 2. The quantitative estimate of drug-likeness (QED) is 0.882. The molecule has 2 heterocycles. The number of nitrogens with zero attached hydrogens (tertiary/aromatic N) is 1. The smallest absolute Gasteiger partial charge is 0.0457 e. The second-order valence-corrected chi connectivity index (χ2v) is 5.66. The van der Waals surface area contributed by atoms with Gasteiger partial charge in [0, 0.05) is 30.8 Å². The van der Waals surface area contributed by atoms with Crippen molar-refractivity contribution >= 4 is 10.9 Å². The van der Waals surface area contributed by atoms with Crippen molar-refractivity contribution in [1.29, 1.82) is 0 Å². The van der Waals surface area contributed by atoms with Gasteiger partial charge in [-0.1, -0.05) is 18.6 Å². The first-order chi connectivity index (χ1) is 9.33. The van der Waals surface area contributed by atoms with Crippen LogP contribution in [0.4, 0.5) is 0 Å². The summed E-state index contributed by atoms with van der Waals surface area (Å²) < 4.78 is 0. The van der Waals surface area contributed by atoms with Crippen LogP contribution in [0.25, 0.3) is 10.9 Å². The number of piperidine rings is 1. The topological polar surface area (TPSA) is 31.1 Å². The predicted octanol–water partition coefficient (Wildman–Crippen LogP) is 2.74. The van der Waals surface area contributed by atoms with E-state index in [2.05, 4.69) is 46.5 Å². The minimum Gasteiger partial charge on any atom is -0.361 e. The molecule has 102 valence electrons. The van der Waals surface area contributed by atoms with Gasteiger partial charge < -0.3 is 15.2 Å². The second kappa shape index (κ2) is 5.76. The summed E-state index contributed by atoms with van der Waals surface area (Å²) in [6.07, 6.45) is 6.07. The molecule has 1 fully saturated rings. The Bertz CT molecular complexity index is 532. The molecule has 0 bridgehead atoms. The number of H-pyrrole nitrogens is 1. The lowest BCUT2D eigenvalue weighted by Gasteiger charge is -2.32. The van der Waals surface area contributed by atoms with E-state index in [1.807, 2.05) is 6.20 Å². The number of aromatic amines is 1. The van der Waals surface area contributed by atoms with Crippen LogP contribution in [0.1, 0.15) is 24.8 Å². The summed E-state index contributed by atoms with van der Waals surface area (Å²) in [6.45, 7) is 3.30. The lowest BCUT2D eigenvalue weighted by Crippen LogP contribution is -2.42. The minimum atomic E-state index is 0.711. The van der Waals surface area contributed by atoms with Gasteiger partial charge in [0.25, 0.3) is 0 Å². The molecule has 2 N–H and O–H groups in total. The summed E-state index contributed by atoms with van der Waals surface area (Å²) in [7, 11) is 2.25. The third kappa shape index (κ3) is 2.99. The Balaban J connectivity index is 1.53. The van der Waals surface area contributed by atoms with E-state index in [1.54, 1.807) is 0 Å². The molecule has 2 aromatic rings. The minimum absolute atomic E-state index is 0.711. The Morgan fingerprint density at radius 3 is 3.16 bits per heavy atom. The maximum absolute atomic E-state index is 3.60. The molecule has 0 aliphatic carbocycles. The van der Waals surface area contributed by atoms with Crippen LogP contribution < -0.4 is 5.32 Å². The van der Waals surface area contributed by atoms with Crippen molar-refractivity contribution in [2.45, 2.75) is 31.8 Å². The molecule has 1 aliphatic rings. The van der Waals surface area contributed by atoms with Crippen molar-refractivity contribution in [2.24, 2.45) is 0 Å². The number of likely N-dealkylation sites (N-methyl/N-ethyl adjacent to an activating group) is 1. The molecule has 1 unspecified atom stereocenters. The Morgan fingerprint density at radius 2 is 2.26 bits per heavy atom. The number of rotatable bonds is 4. The van der Waals surface area contributed by atoms with Crippen molar-refractivity contribution in [3.63, 3.8) is 0 Å². The van der Waals surface area contributed by atoms with Crippen molar-refractivity contribution in [1.82, 2.24) is 15.2 Å². The van der Waals surface area contributed by atoms with Crippen LogP contribution in [0.2, 0.25) is 0 Å². The van der Waals surface area contributed by atoms with Gasteiger partial charge in [0.1, 0.15) is 0 Å². The highest BCUT2D eigenvalue weighted by molar-refractivity contribution is 5.79. The zero-order valence-electron chi connectivity index (χ0n) is 11.7. The fourth-order valence-electron chi connectivity index (χ4n) is 2.99. The Labute approximate surface area is 115 Å². The number of benzene rings is 1. The number of hydrogen-bond donors (Lipinski definition) is 2. The van der Waals surface area contributed by atoms with E-state index < -0.39 is 0 Å². The lowest BCUT2D eigenvalue weighted by atomic mass is 10.0. The van der Waals surface area contributed by atoms with Crippen LogP contribution in [0.3, 0.4) is 0 Å². The maximum atomic E-state index is 3.60. The number of hydrogen-bond acceptors (Lipinski definition) is 2. The lowest BCUT2D eigenvalue weighted by molar-refractivity contribution is 0.181. The van der Waals surface area contributed by atoms with Gasteiger partial charge in [-0.15, -0.1) is 0 Å². The molecule has 0 radical (unpaired) electrons. The standard InChI is InChI=1S/C16H23N3/c1-19-9-3-2-4-15(19)12-17-11-13-5-6-14-7-8-18-16(14)10-13/h5-8,10,15,17-18H,2-4,9,11-12H2,1H3. The Hall–Kier alpha value is -1.32. The van der Waals surface area contributed by atoms with Gasteiger partial charge in [-0.2, -0.15) is 0 Å². The van der Waals surface area contributed by atoms with Gasteiger partial charge in [0.2, 0.25) is 0 Å². The van der Waals surface area contributed by atoms with E-state index in [1.165, 1.54) is 42.3 Å². The second-order valence-electron chi connectivity index (χ2n) is 5.66. The van der Waals surface area contributed by atoms with E-state index in [-0.39, 0.29) is 0 Å². The number of fused-ring (bicyclic) bond motifs is 1. The fourth-order valence-corrected chi connectivity index (χ4v) is 2.99. The third-order valence-electron chi connectivity index (χ3n) is 4.25. The van der Waals surface area contributed by atoms with Gasteiger partial charge >= 0.3 is 0 Å². The molecule has 1 aliphatic heterocycles. The van der Waals surface area contributed by atoms with E-state index >= 15 is 0 Å². The van der Waals surface area contributed by atoms with Crippen LogP contribution in [0.5, 0.6) is 0 Å². The summed E-state index contributed by atoms with van der Waals surface area (Å²) in [5.41, 5.74) is 2.59. The Morgan fingerprint density at radius 1 is 1.32 bits per heavy atom. The molecule has 1 aromatic heterocycles. The van der Waals surface area contributed by atoms with Crippen LogP contribution in [-0.2, 0) is 6.54 Å². The van der Waals surface area contributed by atoms with Gasteiger partial charge in [0.05, 0.1) is 0 Å². The molecule has 19 heavy (non-hydrogen) atoms. The molecular formula is C16H23N3. The highest BCUT2D eigenvalue weighted by atomic mass is 15.2. The molecule has 0 spiro atoms. The van der Waals surface area contributed by atoms with E-state index in [4.69, 9.17) is 0 Å². The van der Waals surface area contributed by atoms with E-state index in [9.17, 15) is 0 Å². The molecule has 3 heteroatoms. The molecular weight excluding hydrogens is 234 g/mol. The Kier molecular flexibility index (Phi) is 3.85. The van der Waals surface area contributed by atoms with Gasteiger partial charge in [-0.05, 0) is 49.5 Å². The van der Waals surface area contributed by atoms with Crippen molar-refractivity contribution in [2.75, 3.05) is 20.1 Å². The fraction of sp³-hybridized carbons (Fsp3) is 0.500. The predicted molar refractivity (Wildman–Crippen MR) is 80.3 cm³/mol. The molecule has 1 saturated heterocycles. The normalized spacial score (nSPS) is 21.0. The van der Waals surface area contributed by atoms with Crippen LogP contribution in [-0.4, -0.2) is 36.1 Å². The average molecular weight is 257 g/mol. The van der Waals surface area contributed by atoms with Crippen LogP contribution in [0.15, 0.2) is 30.5 Å². The summed E-state index contributed by atoms with van der Waals surface area (Å²) in [4.78, 5) is 5.76. The first-order valence-corrected chi connectivity index (χ1v) is 7.30. The van der Waals surface area contributed by atoms with E-state index in [0.29, 0.717) is 6.04 Å². The first-order valence-electron chi connectivity index (χ1n) is 7.30. The van der Waals surface area contributed by atoms with Crippen molar-refractivity contribution < 1.29 is 0 Å². The van der Waals surface area contributed by atoms with Gasteiger partial charge in [-0.25, -0.2) is 0 Å². The first kappa shape index (κ1) is 12.7. The highest BCUT2D eigenvalue weighted by Crippen LogP contribution is 2.15. The number of aromatic nitrogens is 1. The van der Waals surface area contributed by atoms with Gasteiger partial charge in [-0.3, -0.25) is 0 Å². The highest BCUT2D eigenvalue weighted by Gasteiger charge is 2.17. The zero-order chi connectivity index (χ0) is 13.1. The summed E-state index contributed by atoms with van der Waals surface area (Å²) >= 11 is 0. The summed E-state index contributed by atoms with van der Waals surface area (Å²) in [5.74, 6) is 0. The van der Waals surface area contributed by atoms with Gasteiger partial charge in [0.15, 0.2) is 0 Å². The van der Waals surface area contributed by atoms with Crippen molar-refractivity contribution in [3.05, 3.63) is 36.0 Å². The van der Waals surface area contributed by atoms with E-state index in [0.717, 1.165) is 13.1 Å². The molecule has 1 aromatic carbocycles. The van der Waals surface area contributed by atoms with Crippen LogP contribution in [0, 0.1) is 0 Å². The number of likely N-dealkylation sites (tertiary alicyclic amines) is 1. The third-order valence-corrected chi connectivity index (χ3v) is 4.25.